The van der Waals surface area contributed by atoms with Gasteiger partial charge in [-0.05, 0) is 31.3 Å². The normalized spacial score (nSPS) is 13.4. The Morgan fingerprint density at radius 2 is 2.05 bits per heavy atom. The molecule has 2 nitrogen and oxygen atoms in total. The lowest BCUT2D eigenvalue weighted by atomic mass is 10.1. The zero-order valence-corrected chi connectivity index (χ0v) is 12.1. The van der Waals surface area contributed by atoms with Gasteiger partial charge >= 0.3 is 6.18 Å². The van der Waals surface area contributed by atoms with Gasteiger partial charge in [0, 0.05) is 17.5 Å². The Labute approximate surface area is 123 Å². The van der Waals surface area contributed by atoms with Crippen molar-refractivity contribution in [2.75, 3.05) is 7.05 Å². The summed E-state index contributed by atoms with van der Waals surface area (Å²) in [5, 5.41) is 3.05. The van der Waals surface area contributed by atoms with Crippen LogP contribution in [0.4, 0.5) is 13.2 Å². The van der Waals surface area contributed by atoms with Gasteiger partial charge in [0.15, 0.2) is 0 Å². The van der Waals surface area contributed by atoms with Crippen molar-refractivity contribution in [2.24, 2.45) is 0 Å². The van der Waals surface area contributed by atoms with Crippen molar-refractivity contribution in [3.63, 3.8) is 0 Å². The van der Waals surface area contributed by atoms with Gasteiger partial charge in [0.25, 0.3) is 0 Å². The van der Waals surface area contributed by atoms with Crippen LogP contribution in [0, 0.1) is 0 Å². The Hall–Kier alpha value is -1.11. The lowest BCUT2D eigenvalue weighted by Gasteiger charge is -2.15. The van der Waals surface area contributed by atoms with E-state index in [9.17, 15) is 13.2 Å². The largest absolute Gasteiger partial charge is 0.417 e. The minimum atomic E-state index is -4.36. The van der Waals surface area contributed by atoms with Crippen molar-refractivity contribution < 1.29 is 13.2 Å². The molecule has 0 aliphatic carbocycles. The molecule has 0 radical (unpaired) electrons. The van der Waals surface area contributed by atoms with Crippen LogP contribution in [0.15, 0.2) is 30.5 Å². The highest BCUT2D eigenvalue weighted by atomic mass is 35.5. The van der Waals surface area contributed by atoms with E-state index in [1.807, 2.05) is 6.07 Å². The van der Waals surface area contributed by atoms with Gasteiger partial charge in [0.2, 0.25) is 0 Å². The van der Waals surface area contributed by atoms with E-state index < -0.39 is 11.7 Å². The van der Waals surface area contributed by atoms with Crippen molar-refractivity contribution in [1.82, 2.24) is 10.3 Å². The highest BCUT2D eigenvalue weighted by Crippen LogP contribution is 2.30. The number of thiophene rings is 1. The second kappa shape index (κ2) is 6.11. The molecule has 1 unspecified atom stereocenters. The first-order valence-corrected chi connectivity index (χ1v) is 7.04. The molecule has 2 aromatic heterocycles. The van der Waals surface area contributed by atoms with Gasteiger partial charge in [0.05, 0.1) is 21.6 Å². The van der Waals surface area contributed by atoms with E-state index in [2.05, 4.69) is 10.3 Å². The van der Waals surface area contributed by atoms with Crippen LogP contribution in [-0.2, 0) is 12.6 Å². The van der Waals surface area contributed by atoms with E-state index in [1.54, 1.807) is 13.1 Å². The predicted octanol–water partition coefficient (Wildman–Crippen LogP) is 4.32. The molecule has 0 aliphatic heterocycles. The van der Waals surface area contributed by atoms with E-state index in [1.165, 1.54) is 17.4 Å². The minimum absolute atomic E-state index is 0.146. The second-order valence-corrected chi connectivity index (χ2v) is 6.02. The van der Waals surface area contributed by atoms with Crippen molar-refractivity contribution in [2.45, 2.75) is 18.6 Å². The molecule has 1 N–H and O–H groups in total. The number of nitrogens with one attached hydrogen (secondary N) is 1. The average Bonchev–Trinajstić information content (AvgIpc) is 2.81. The number of likely N-dealkylation sites (N-methyl/N-ethyl adjacent to an activating group) is 1. The number of pyridine rings is 1. The van der Waals surface area contributed by atoms with Crippen LogP contribution in [0.1, 0.15) is 22.2 Å². The molecule has 1 atom stereocenters. The zero-order valence-electron chi connectivity index (χ0n) is 10.5. The number of alkyl halides is 3. The molecule has 0 spiro atoms. The molecular weight excluding hydrogens is 309 g/mol. The Bertz CT molecular complexity index is 566. The van der Waals surface area contributed by atoms with Gasteiger partial charge in [0.1, 0.15) is 0 Å². The van der Waals surface area contributed by atoms with Crippen molar-refractivity contribution in [3.8, 4) is 0 Å². The summed E-state index contributed by atoms with van der Waals surface area (Å²) in [5.41, 5.74) is -0.166. The molecule has 0 aliphatic rings. The predicted molar refractivity (Wildman–Crippen MR) is 74.1 cm³/mol. The van der Waals surface area contributed by atoms with E-state index >= 15 is 0 Å². The molecule has 0 bridgehead atoms. The van der Waals surface area contributed by atoms with E-state index in [4.69, 9.17) is 11.6 Å². The molecule has 2 aromatic rings. The number of nitrogens with zero attached hydrogens (tertiary/aromatic N) is 1. The topological polar surface area (TPSA) is 24.9 Å². The Morgan fingerprint density at radius 3 is 2.50 bits per heavy atom. The monoisotopic (exact) mass is 320 g/mol. The first kappa shape index (κ1) is 15.3. The third-order valence-corrected chi connectivity index (χ3v) is 4.11. The summed E-state index contributed by atoms with van der Waals surface area (Å²) in [6, 6.07) is 6.01. The minimum Gasteiger partial charge on any atom is -0.311 e. The molecule has 0 fully saturated rings. The van der Waals surface area contributed by atoms with Gasteiger partial charge in [-0.1, -0.05) is 11.6 Å². The summed E-state index contributed by atoms with van der Waals surface area (Å²) in [5.74, 6) is 0. The maximum Gasteiger partial charge on any atom is 0.417 e. The highest BCUT2D eigenvalue weighted by Gasteiger charge is 2.30. The molecule has 0 saturated carbocycles. The van der Waals surface area contributed by atoms with Crippen LogP contribution in [0.2, 0.25) is 4.34 Å². The number of rotatable bonds is 4. The summed E-state index contributed by atoms with van der Waals surface area (Å²) < 4.78 is 38.1. The summed E-state index contributed by atoms with van der Waals surface area (Å²) in [6.45, 7) is 0. The van der Waals surface area contributed by atoms with E-state index in [0.717, 1.165) is 17.1 Å². The van der Waals surface area contributed by atoms with Crippen molar-refractivity contribution in [3.05, 3.63) is 50.9 Å². The zero-order chi connectivity index (χ0) is 14.8. The quantitative estimate of drug-likeness (QED) is 0.907. The highest BCUT2D eigenvalue weighted by molar-refractivity contribution is 7.16. The van der Waals surface area contributed by atoms with Crippen LogP contribution in [0.5, 0.6) is 0 Å². The fourth-order valence-corrected chi connectivity index (χ4v) is 2.93. The number of aromatic nitrogens is 1. The fraction of sp³-hybridized carbons (Fsp3) is 0.308. The van der Waals surface area contributed by atoms with Gasteiger partial charge in [-0.3, -0.25) is 4.98 Å². The van der Waals surface area contributed by atoms with Gasteiger partial charge < -0.3 is 5.32 Å². The van der Waals surface area contributed by atoms with Gasteiger partial charge in [-0.15, -0.1) is 11.3 Å². The molecule has 0 aromatic carbocycles. The maximum atomic E-state index is 12.5. The molecule has 20 heavy (non-hydrogen) atoms. The molecule has 0 saturated heterocycles. The van der Waals surface area contributed by atoms with Crippen LogP contribution >= 0.6 is 22.9 Å². The third-order valence-electron chi connectivity index (χ3n) is 2.85. The standard InChI is InChI=1S/C13H12ClF3N2S/c1-18-11(6-9-3-5-12(14)20-9)10-4-2-8(7-19-10)13(15,16)17/h2-5,7,11,18H,6H2,1H3. The van der Waals surface area contributed by atoms with E-state index in [0.29, 0.717) is 16.5 Å². The Balaban J connectivity index is 2.15. The van der Waals surface area contributed by atoms with Crippen LogP contribution in [0.3, 0.4) is 0 Å². The number of hydrogen-bond acceptors (Lipinski definition) is 3. The summed E-state index contributed by atoms with van der Waals surface area (Å²) in [4.78, 5) is 4.96. The van der Waals surface area contributed by atoms with Crippen molar-refractivity contribution >= 4 is 22.9 Å². The lowest BCUT2D eigenvalue weighted by molar-refractivity contribution is -0.137. The number of halogens is 4. The Morgan fingerprint density at radius 1 is 1.30 bits per heavy atom. The van der Waals surface area contributed by atoms with Crippen LogP contribution in [0.25, 0.3) is 0 Å². The average molecular weight is 321 g/mol. The molecule has 7 heteroatoms. The molecular formula is C13H12ClF3N2S. The molecule has 0 amide bonds. The van der Waals surface area contributed by atoms with Crippen molar-refractivity contribution in [1.29, 1.82) is 0 Å². The molecule has 108 valence electrons. The molecule has 2 heterocycles. The summed E-state index contributed by atoms with van der Waals surface area (Å²) in [6.07, 6.45) is -2.87. The van der Waals surface area contributed by atoms with Gasteiger partial charge in [-0.2, -0.15) is 13.2 Å². The van der Waals surface area contributed by atoms with Gasteiger partial charge in [-0.25, -0.2) is 0 Å². The van der Waals surface area contributed by atoms with E-state index in [-0.39, 0.29) is 6.04 Å². The fourth-order valence-electron chi connectivity index (χ4n) is 1.80. The molecule has 2 rings (SSSR count). The summed E-state index contributed by atoms with van der Waals surface area (Å²) in [7, 11) is 1.75. The first-order valence-electron chi connectivity index (χ1n) is 5.85. The third kappa shape index (κ3) is 3.71. The SMILES string of the molecule is CNC(Cc1ccc(Cl)s1)c1ccc(C(F)(F)F)cn1. The Kier molecular flexibility index (Phi) is 4.67. The summed E-state index contributed by atoms with van der Waals surface area (Å²) >= 11 is 7.31. The lowest BCUT2D eigenvalue weighted by Crippen LogP contribution is -2.20. The first-order chi connectivity index (χ1) is 9.40. The van der Waals surface area contributed by atoms with Crippen LogP contribution in [-0.4, -0.2) is 12.0 Å². The number of hydrogen-bond donors (Lipinski definition) is 1. The van der Waals surface area contributed by atoms with Crippen LogP contribution < -0.4 is 5.32 Å². The second-order valence-electron chi connectivity index (χ2n) is 4.22. The maximum absolute atomic E-state index is 12.5. The smallest absolute Gasteiger partial charge is 0.311 e.